The van der Waals surface area contributed by atoms with E-state index in [1.54, 1.807) is 19.3 Å². The molecule has 0 spiro atoms. The molecule has 0 aliphatic carbocycles. The lowest BCUT2D eigenvalue weighted by Crippen LogP contribution is -2.26. The Morgan fingerprint density at radius 2 is 2.44 bits per heavy atom. The second-order valence-electron chi connectivity index (χ2n) is 3.64. The third-order valence-corrected chi connectivity index (χ3v) is 3.07. The molecule has 18 heavy (non-hydrogen) atoms. The molecule has 3 N–H and O–H groups in total. The zero-order valence-corrected chi connectivity index (χ0v) is 11.4. The van der Waals surface area contributed by atoms with Gasteiger partial charge in [-0.1, -0.05) is 6.92 Å². The number of carbonyl (C=O) groups is 1. The minimum absolute atomic E-state index is 0. The number of amides is 1. The molecule has 2 aromatic rings. The summed E-state index contributed by atoms with van der Waals surface area (Å²) in [6, 6.07) is 3.62. The van der Waals surface area contributed by atoms with E-state index in [-0.39, 0.29) is 24.2 Å². The molecule has 1 amide bonds. The normalized spacial score (nSPS) is 11.7. The number of thiazole rings is 1. The van der Waals surface area contributed by atoms with Crippen LogP contribution in [0, 0.1) is 5.92 Å². The Morgan fingerprint density at radius 1 is 1.67 bits per heavy atom. The molecule has 1 atom stereocenters. The Kier molecular flexibility index (Phi) is 5.33. The van der Waals surface area contributed by atoms with E-state index in [1.165, 1.54) is 11.3 Å². The number of hydrogen-bond donors (Lipinski definition) is 2. The van der Waals surface area contributed by atoms with E-state index in [0.717, 1.165) is 5.69 Å². The van der Waals surface area contributed by atoms with Crippen LogP contribution < -0.4 is 11.1 Å². The van der Waals surface area contributed by atoms with Gasteiger partial charge in [0.2, 0.25) is 5.91 Å². The number of halogens is 1. The lowest BCUT2D eigenvalue weighted by molar-refractivity contribution is -0.119. The molecule has 0 radical (unpaired) electrons. The van der Waals surface area contributed by atoms with Crippen molar-refractivity contribution in [2.24, 2.45) is 11.7 Å². The molecule has 0 saturated carbocycles. The van der Waals surface area contributed by atoms with Gasteiger partial charge < -0.3 is 15.5 Å². The van der Waals surface area contributed by atoms with Crippen LogP contribution in [0.3, 0.4) is 0 Å². The standard InChI is InChI=1S/C11H13N3O2S.ClH/c1-7(5-12)10(15)14-11-13-8(6-17-11)9-3-2-4-16-9;/h2-4,6-7H,5,12H2,1H3,(H,13,14,15);1H. The van der Waals surface area contributed by atoms with Crippen LogP contribution in [0.25, 0.3) is 11.5 Å². The maximum absolute atomic E-state index is 11.6. The van der Waals surface area contributed by atoms with Gasteiger partial charge in [-0.25, -0.2) is 4.98 Å². The molecule has 0 bridgehead atoms. The molecule has 0 aliphatic rings. The number of hydrogen-bond acceptors (Lipinski definition) is 5. The van der Waals surface area contributed by atoms with E-state index in [4.69, 9.17) is 10.2 Å². The summed E-state index contributed by atoms with van der Waals surface area (Å²) >= 11 is 1.36. The molecule has 2 heterocycles. The van der Waals surface area contributed by atoms with Crippen LogP contribution in [0.4, 0.5) is 5.13 Å². The van der Waals surface area contributed by atoms with Crippen LogP contribution in [0.2, 0.25) is 0 Å². The van der Waals surface area contributed by atoms with Crippen LogP contribution in [-0.2, 0) is 4.79 Å². The fourth-order valence-corrected chi connectivity index (χ4v) is 1.91. The Balaban J connectivity index is 0.00000162. The lowest BCUT2D eigenvalue weighted by Gasteiger charge is -2.06. The van der Waals surface area contributed by atoms with Crippen LogP contribution in [0.5, 0.6) is 0 Å². The van der Waals surface area contributed by atoms with Crippen LogP contribution in [0.15, 0.2) is 28.2 Å². The third kappa shape index (κ3) is 3.32. The summed E-state index contributed by atoms with van der Waals surface area (Å²) in [6.45, 7) is 2.10. The van der Waals surface area contributed by atoms with Crippen molar-refractivity contribution in [2.45, 2.75) is 6.92 Å². The van der Waals surface area contributed by atoms with E-state index < -0.39 is 0 Å². The Labute approximate surface area is 115 Å². The highest BCUT2D eigenvalue weighted by atomic mass is 35.5. The van der Waals surface area contributed by atoms with E-state index in [9.17, 15) is 4.79 Å². The van der Waals surface area contributed by atoms with Crippen molar-refractivity contribution >= 4 is 34.8 Å². The molecule has 0 aliphatic heterocycles. The fourth-order valence-electron chi connectivity index (χ4n) is 1.20. The Morgan fingerprint density at radius 3 is 3.06 bits per heavy atom. The average Bonchev–Trinajstić information content (AvgIpc) is 2.97. The molecule has 2 rings (SSSR count). The molecule has 0 saturated heterocycles. The predicted octanol–water partition coefficient (Wildman–Crippen LogP) is 2.36. The highest BCUT2D eigenvalue weighted by Gasteiger charge is 2.13. The molecular weight excluding hydrogens is 274 g/mol. The number of rotatable bonds is 4. The number of nitrogens with two attached hydrogens (primary N) is 1. The van der Waals surface area contributed by atoms with Gasteiger partial charge in [-0.3, -0.25) is 4.79 Å². The molecular formula is C11H14ClN3O2S. The fraction of sp³-hybridized carbons (Fsp3) is 0.273. The van der Waals surface area contributed by atoms with Gasteiger partial charge in [0.1, 0.15) is 5.69 Å². The predicted molar refractivity (Wildman–Crippen MR) is 73.9 cm³/mol. The van der Waals surface area contributed by atoms with Crippen molar-refractivity contribution in [3.8, 4) is 11.5 Å². The van der Waals surface area contributed by atoms with Gasteiger partial charge in [0.05, 0.1) is 6.26 Å². The number of anilines is 1. The van der Waals surface area contributed by atoms with Crippen molar-refractivity contribution in [1.82, 2.24) is 4.98 Å². The highest BCUT2D eigenvalue weighted by Crippen LogP contribution is 2.25. The summed E-state index contributed by atoms with van der Waals surface area (Å²) in [5.41, 5.74) is 6.13. The van der Waals surface area contributed by atoms with Crippen LogP contribution >= 0.6 is 23.7 Å². The molecule has 0 fully saturated rings. The van der Waals surface area contributed by atoms with Crippen molar-refractivity contribution < 1.29 is 9.21 Å². The van der Waals surface area contributed by atoms with Gasteiger partial charge >= 0.3 is 0 Å². The summed E-state index contributed by atoms with van der Waals surface area (Å²) in [4.78, 5) is 15.9. The first kappa shape index (κ1) is 14.7. The van der Waals surface area contributed by atoms with E-state index >= 15 is 0 Å². The van der Waals surface area contributed by atoms with Crippen LogP contribution in [-0.4, -0.2) is 17.4 Å². The second kappa shape index (κ2) is 6.53. The highest BCUT2D eigenvalue weighted by molar-refractivity contribution is 7.14. The quantitative estimate of drug-likeness (QED) is 0.904. The van der Waals surface area contributed by atoms with Crippen molar-refractivity contribution in [2.75, 3.05) is 11.9 Å². The summed E-state index contributed by atoms with van der Waals surface area (Å²) in [5, 5.41) is 5.11. The number of nitrogens with one attached hydrogen (secondary N) is 1. The number of carbonyl (C=O) groups excluding carboxylic acids is 1. The van der Waals surface area contributed by atoms with Crippen LogP contribution in [0.1, 0.15) is 6.92 Å². The van der Waals surface area contributed by atoms with Crippen molar-refractivity contribution in [1.29, 1.82) is 0 Å². The maximum atomic E-state index is 11.6. The first-order valence-electron chi connectivity index (χ1n) is 5.21. The zero-order chi connectivity index (χ0) is 12.3. The van der Waals surface area contributed by atoms with Gasteiger partial charge in [-0.15, -0.1) is 23.7 Å². The van der Waals surface area contributed by atoms with Gasteiger partial charge in [-0.2, -0.15) is 0 Å². The maximum Gasteiger partial charge on any atom is 0.230 e. The van der Waals surface area contributed by atoms with Gasteiger partial charge in [0.15, 0.2) is 10.9 Å². The number of furan rings is 1. The lowest BCUT2D eigenvalue weighted by atomic mass is 10.2. The van der Waals surface area contributed by atoms with E-state index in [2.05, 4.69) is 10.3 Å². The molecule has 7 heteroatoms. The smallest absolute Gasteiger partial charge is 0.230 e. The number of aromatic nitrogens is 1. The number of nitrogens with zero attached hydrogens (tertiary/aromatic N) is 1. The minimum Gasteiger partial charge on any atom is -0.463 e. The Hall–Kier alpha value is -1.37. The van der Waals surface area contributed by atoms with Gasteiger partial charge in [-0.05, 0) is 12.1 Å². The molecule has 2 aromatic heterocycles. The topological polar surface area (TPSA) is 81.2 Å². The molecule has 1 unspecified atom stereocenters. The third-order valence-electron chi connectivity index (χ3n) is 2.31. The summed E-state index contributed by atoms with van der Waals surface area (Å²) in [6.07, 6.45) is 1.59. The van der Waals surface area contributed by atoms with Gasteiger partial charge in [0.25, 0.3) is 0 Å². The largest absolute Gasteiger partial charge is 0.463 e. The Bertz CT molecular complexity index is 498. The SMILES string of the molecule is CC(CN)C(=O)Nc1nc(-c2ccco2)cs1.Cl. The zero-order valence-electron chi connectivity index (χ0n) is 9.75. The molecule has 98 valence electrons. The first-order chi connectivity index (χ1) is 8.20. The second-order valence-corrected chi connectivity index (χ2v) is 4.50. The summed E-state index contributed by atoms with van der Waals surface area (Å²) in [5.74, 6) is 0.354. The minimum atomic E-state index is -0.217. The van der Waals surface area contributed by atoms with Crippen molar-refractivity contribution in [3.63, 3.8) is 0 Å². The summed E-state index contributed by atoms with van der Waals surface area (Å²) in [7, 11) is 0. The van der Waals surface area contributed by atoms with Crippen molar-refractivity contribution in [3.05, 3.63) is 23.8 Å². The van der Waals surface area contributed by atoms with E-state index in [0.29, 0.717) is 17.4 Å². The average molecular weight is 288 g/mol. The van der Waals surface area contributed by atoms with E-state index in [1.807, 2.05) is 11.4 Å². The monoisotopic (exact) mass is 287 g/mol. The van der Waals surface area contributed by atoms with Gasteiger partial charge in [0, 0.05) is 17.8 Å². The first-order valence-corrected chi connectivity index (χ1v) is 6.09. The molecule has 0 aromatic carbocycles. The summed E-state index contributed by atoms with van der Waals surface area (Å²) < 4.78 is 5.22. The molecule has 5 nitrogen and oxygen atoms in total.